The molecule has 0 fully saturated rings. The van der Waals surface area contributed by atoms with Crippen molar-refractivity contribution in [3.63, 3.8) is 0 Å². The number of benzene rings is 2. The molecule has 0 aromatic heterocycles. The molecule has 0 heterocycles. The van der Waals surface area contributed by atoms with Crippen molar-refractivity contribution in [2.24, 2.45) is 0 Å². The van der Waals surface area contributed by atoms with Crippen LogP contribution in [0, 0.1) is 17.0 Å². The first kappa shape index (κ1) is 15.6. The maximum absolute atomic E-state index is 11.2. The first-order valence-electron chi connectivity index (χ1n) is 6.69. The predicted molar refractivity (Wildman–Crippen MR) is 86.3 cm³/mol. The third kappa shape index (κ3) is 3.63. The van der Waals surface area contributed by atoms with Crippen molar-refractivity contribution < 1.29 is 14.4 Å². The summed E-state index contributed by atoms with van der Waals surface area (Å²) >= 11 is 0. The minimum atomic E-state index is -0.418. The van der Waals surface area contributed by atoms with Crippen LogP contribution in [0.5, 0.6) is 11.5 Å². The van der Waals surface area contributed by atoms with Gasteiger partial charge in [-0.2, -0.15) is 0 Å². The van der Waals surface area contributed by atoms with Gasteiger partial charge in [-0.15, -0.1) is 0 Å². The van der Waals surface area contributed by atoms with Gasteiger partial charge in [0.05, 0.1) is 30.8 Å². The summed E-state index contributed by atoms with van der Waals surface area (Å²) in [7, 11) is 3.09. The Labute approximate surface area is 129 Å². The summed E-state index contributed by atoms with van der Waals surface area (Å²) in [6.45, 7) is 1.97. The molecule has 22 heavy (non-hydrogen) atoms. The molecule has 0 saturated carbocycles. The SMILES string of the molecule is COc1cc(C)cc(/C=C\c2ccc(OC)cc2[N+](=O)[O-])c1. The Morgan fingerprint density at radius 3 is 2.36 bits per heavy atom. The third-order valence-electron chi connectivity index (χ3n) is 3.20. The maximum atomic E-state index is 11.2. The van der Waals surface area contributed by atoms with Crippen molar-refractivity contribution in [1.29, 1.82) is 0 Å². The zero-order chi connectivity index (χ0) is 16.1. The molecule has 2 aromatic carbocycles. The molecule has 0 spiro atoms. The van der Waals surface area contributed by atoms with E-state index in [2.05, 4.69) is 0 Å². The molecule has 0 aliphatic carbocycles. The molecule has 0 aliphatic rings. The molecule has 0 N–H and O–H groups in total. The number of aryl methyl sites for hydroxylation is 1. The van der Waals surface area contributed by atoms with Crippen molar-refractivity contribution in [3.8, 4) is 11.5 Å². The van der Waals surface area contributed by atoms with Crippen LogP contribution in [0.2, 0.25) is 0 Å². The number of rotatable bonds is 5. The van der Waals surface area contributed by atoms with E-state index in [1.54, 1.807) is 25.3 Å². The second kappa shape index (κ2) is 6.76. The van der Waals surface area contributed by atoms with E-state index in [-0.39, 0.29) is 5.69 Å². The smallest absolute Gasteiger partial charge is 0.280 e. The molecule has 5 heteroatoms. The number of ether oxygens (including phenoxy) is 2. The zero-order valence-electron chi connectivity index (χ0n) is 12.7. The van der Waals surface area contributed by atoms with Crippen LogP contribution in [-0.2, 0) is 0 Å². The summed E-state index contributed by atoms with van der Waals surface area (Å²) in [6, 6.07) is 10.6. The molecule has 114 valence electrons. The summed E-state index contributed by atoms with van der Waals surface area (Å²) in [5.41, 5.74) is 2.51. The third-order valence-corrected chi connectivity index (χ3v) is 3.20. The second-order valence-electron chi connectivity index (χ2n) is 4.80. The normalized spacial score (nSPS) is 10.7. The molecule has 0 aliphatic heterocycles. The summed E-state index contributed by atoms with van der Waals surface area (Å²) in [5.74, 6) is 1.21. The summed E-state index contributed by atoms with van der Waals surface area (Å²) in [5, 5.41) is 11.2. The van der Waals surface area contributed by atoms with Crippen LogP contribution >= 0.6 is 0 Å². The molecule has 5 nitrogen and oxygen atoms in total. The van der Waals surface area contributed by atoms with E-state index >= 15 is 0 Å². The topological polar surface area (TPSA) is 61.6 Å². The molecular formula is C17H17NO4. The highest BCUT2D eigenvalue weighted by atomic mass is 16.6. The second-order valence-corrected chi connectivity index (χ2v) is 4.80. The van der Waals surface area contributed by atoms with Crippen LogP contribution in [0.4, 0.5) is 5.69 Å². The molecule has 0 saturated heterocycles. The minimum Gasteiger partial charge on any atom is -0.497 e. The number of nitro benzene ring substituents is 1. The summed E-state index contributed by atoms with van der Waals surface area (Å²) < 4.78 is 10.2. The average molecular weight is 299 g/mol. The van der Waals surface area contributed by atoms with Crippen LogP contribution < -0.4 is 9.47 Å². The molecule has 0 unspecified atom stereocenters. The van der Waals surface area contributed by atoms with Crippen molar-refractivity contribution in [2.75, 3.05) is 14.2 Å². The van der Waals surface area contributed by atoms with Gasteiger partial charge in [0.1, 0.15) is 11.5 Å². The van der Waals surface area contributed by atoms with Crippen LogP contribution in [0.25, 0.3) is 12.2 Å². The van der Waals surface area contributed by atoms with Gasteiger partial charge in [-0.1, -0.05) is 12.1 Å². The van der Waals surface area contributed by atoms with E-state index in [9.17, 15) is 10.1 Å². The minimum absolute atomic E-state index is 0.00946. The number of hydrogen-bond acceptors (Lipinski definition) is 4. The predicted octanol–water partition coefficient (Wildman–Crippen LogP) is 4.09. The van der Waals surface area contributed by atoms with Gasteiger partial charge in [-0.05, 0) is 48.4 Å². The standard InChI is InChI=1S/C17H17NO4/c1-12-8-13(10-16(9-12)22-3)4-5-14-6-7-15(21-2)11-17(14)18(19)20/h4-11H,1-3H3/b5-4-. The number of nitrogens with zero attached hydrogens (tertiary/aromatic N) is 1. The lowest BCUT2D eigenvalue weighted by molar-refractivity contribution is -0.385. The first-order valence-corrected chi connectivity index (χ1v) is 6.69. The molecule has 0 bridgehead atoms. The van der Waals surface area contributed by atoms with Gasteiger partial charge < -0.3 is 9.47 Å². The monoisotopic (exact) mass is 299 g/mol. The fourth-order valence-corrected chi connectivity index (χ4v) is 2.13. The van der Waals surface area contributed by atoms with E-state index < -0.39 is 4.92 Å². The summed E-state index contributed by atoms with van der Waals surface area (Å²) in [6.07, 6.45) is 3.54. The Morgan fingerprint density at radius 1 is 1.00 bits per heavy atom. The fraction of sp³-hybridized carbons (Fsp3) is 0.176. The molecule has 0 atom stereocenters. The maximum Gasteiger partial charge on any atom is 0.280 e. The van der Waals surface area contributed by atoms with Crippen molar-refractivity contribution >= 4 is 17.8 Å². The fourth-order valence-electron chi connectivity index (χ4n) is 2.13. The van der Waals surface area contributed by atoms with Gasteiger partial charge in [0.15, 0.2) is 0 Å². The molecule has 2 rings (SSSR count). The molecule has 0 amide bonds. The van der Waals surface area contributed by atoms with Crippen molar-refractivity contribution in [3.05, 3.63) is 63.2 Å². The lowest BCUT2D eigenvalue weighted by Gasteiger charge is -2.04. The van der Waals surface area contributed by atoms with E-state index in [4.69, 9.17) is 9.47 Å². The van der Waals surface area contributed by atoms with Crippen LogP contribution in [0.3, 0.4) is 0 Å². The highest BCUT2D eigenvalue weighted by Gasteiger charge is 2.12. The van der Waals surface area contributed by atoms with E-state index in [0.717, 1.165) is 16.9 Å². The number of nitro groups is 1. The van der Waals surface area contributed by atoms with E-state index in [1.807, 2.05) is 31.2 Å². The highest BCUT2D eigenvalue weighted by Crippen LogP contribution is 2.27. The van der Waals surface area contributed by atoms with E-state index in [1.165, 1.54) is 13.2 Å². The largest absolute Gasteiger partial charge is 0.497 e. The zero-order valence-corrected chi connectivity index (χ0v) is 12.7. The van der Waals surface area contributed by atoms with Crippen LogP contribution in [0.15, 0.2) is 36.4 Å². The average Bonchev–Trinajstić information content (AvgIpc) is 2.52. The van der Waals surface area contributed by atoms with Gasteiger partial charge in [-0.25, -0.2) is 0 Å². The van der Waals surface area contributed by atoms with Crippen LogP contribution in [-0.4, -0.2) is 19.1 Å². The number of hydrogen-bond donors (Lipinski definition) is 0. The van der Waals surface area contributed by atoms with Gasteiger partial charge in [0.2, 0.25) is 0 Å². The van der Waals surface area contributed by atoms with Gasteiger partial charge in [-0.3, -0.25) is 10.1 Å². The quantitative estimate of drug-likeness (QED) is 0.474. The molecule has 0 radical (unpaired) electrons. The summed E-state index contributed by atoms with van der Waals surface area (Å²) in [4.78, 5) is 10.7. The van der Waals surface area contributed by atoms with Gasteiger partial charge in [0.25, 0.3) is 5.69 Å². The van der Waals surface area contributed by atoms with Gasteiger partial charge >= 0.3 is 0 Å². The van der Waals surface area contributed by atoms with Crippen molar-refractivity contribution in [1.82, 2.24) is 0 Å². The Balaban J connectivity index is 2.37. The lowest BCUT2D eigenvalue weighted by atomic mass is 10.1. The van der Waals surface area contributed by atoms with E-state index in [0.29, 0.717) is 11.3 Å². The van der Waals surface area contributed by atoms with Gasteiger partial charge in [0, 0.05) is 0 Å². The van der Waals surface area contributed by atoms with Crippen molar-refractivity contribution in [2.45, 2.75) is 6.92 Å². The molecule has 2 aromatic rings. The number of methoxy groups -OCH3 is 2. The highest BCUT2D eigenvalue weighted by molar-refractivity contribution is 5.75. The molecular weight excluding hydrogens is 282 g/mol. The first-order chi connectivity index (χ1) is 10.5. The lowest BCUT2D eigenvalue weighted by Crippen LogP contribution is -1.93. The Kier molecular flexibility index (Phi) is 4.78. The Bertz CT molecular complexity index is 723. The Morgan fingerprint density at radius 2 is 1.73 bits per heavy atom. The van der Waals surface area contributed by atoms with Crippen LogP contribution in [0.1, 0.15) is 16.7 Å². The Hall–Kier alpha value is -2.82.